The number of nitrogens with zero attached hydrogens (tertiary/aromatic N) is 1. The normalized spacial score (nSPS) is 14.4. The molecule has 0 radical (unpaired) electrons. The van der Waals surface area contributed by atoms with Gasteiger partial charge >= 0.3 is 0 Å². The second kappa shape index (κ2) is 12.4. The van der Waals surface area contributed by atoms with Gasteiger partial charge < -0.3 is 9.47 Å². The summed E-state index contributed by atoms with van der Waals surface area (Å²) in [6.45, 7) is 0.614. The maximum atomic E-state index is 13.0. The van der Waals surface area contributed by atoms with Crippen molar-refractivity contribution in [3.8, 4) is 11.5 Å². The maximum absolute atomic E-state index is 13.0. The van der Waals surface area contributed by atoms with Crippen molar-refractivity contribution in [3.63, 3.8) is 0 Å². The van der Waals surface area contributed by atoms with Crippen LogP contribution in [0.4, 0.5) is 4.79 Å². The lowest BCUT2D eigenvalue weighted by atomic mass is 10.1. The van der Waals surface area contributed by atoms with Crippen LogP contribution in [0.25, 0.3) is 16.8 Å². The number of thioether (sulfide) groups is 2. The lowest BCUT2D eigenvalue weighted by Gasteiger charge is -2.13. The lowest BCUT2D eigenvalue weighted by Crippen LogP contribution is -2.27. The molecule has 1 fully saturated rings. The molecular formula is C30H23Cl2NO4S2. The van der Waals surface area contributed by atoms with E-state index in [0.717, 1.165) is 28.6 Å². The number of rotatable bonds is 9. The third-order valence-corrected chi connectivity index (χ3v) is 8.72. The summed E-state index contributed by atoms with van der Waals surface area (Å²) in [5.74, 6) is 1.57. The van der Waals surface area contributed by atoms with Gasteiger partial charge in [0.2, 0.25) is 0 Å². The van der Waals surface area contributed by atoms with E-state index in [-0.39, 0.29) is 17.7 Å². The molecule has 0 aliphatic carbocycles. The fourth-order valence-electron chi connectivity index (χ4n) is 4.13. The second-order valence-electron chi connectivity index (χ2n) is 8.60. The Morgan fingerprint density at radius 1 is 0.923 bits per heavy atom. The van der Waals surface area contributed by atoms with Crippen molar-refractivity contribution in [3.05, 3.63) is 105 Å². The molecule has 4 aromatic rings. The fraction of sp³-hybridized carbons (Fsp3) is 0.133. The zero-order valence-corrected chi connectivity index (χ0v) is 24.0. The van der Waals surface area contributed by atoms with Crippen LogP contribution < -0.4 is 9.47 Å². The second-order valence-corrected chi connectivity index (χ2v) is 11.5. The van der Waals surface area contributed by atoms with E-state index in [1.165, 1.54) is 20.6 Å². The van der Waals surface area contributed by atoms with E-state index in [1.807, 2.05) is 24.3 Å². The summed E-state index contributed by atoms with van der Waals surface area (Å²) in [5, 5.41) is 2.90. The number of methoxy groups -OCH3 is 1. The van der Waals surface area contributed by atoms with Gasteiger partial charge in [-0.2, -0.15) is 0 Å². The molecule has 1 saturated heterocycles. The zero-order valence-electron chi connectivity index (χ0n) is 20.9. The van der Waals surface area contributed by atoms with Crippen molar-refractivity contribution in [1.82, 2.24) is 4.90 Å². The van der Waals surface area contributed by atoms with Crippen LogP contribution in [0.2, 0.25) is 10.0 Å². The Bertz CT molecular complexity index is 1590. The molecule has 2 amide bonds. The number of fused-ring (bicyclic) bond motifs is 1. The Labute approximate surface area is 245 Å². The number of benzene rings is 4. The van der Waals surface area contributed by atoms with E-state index in [0.29, 0.717) is 33.1 Å². The molecule has 1 heterocycles. The summed E-state index contributed by atoms with van der Waals surface area (Å²) in [6, 6.07) is 25.1. The van der Waals surface area contributed by atoms with Gasteiger partial charge in [-0.3, -0.25) is 14.5 Å². The highest BCUT2D eigenvalue weighted by molar-refractivity contribution is 8.18. The molecule has 1 aliphatic rings. The van der Waals surface area contributed by atoms with Gasteiger partial charge in [0.05, 0.1) is 35.2 Å². The van der Waals surface area contributed by atoms with Crippen molar-refractivity contribution in [1.29, 1.82) is 0 Å². The van der Waals surface area contributed by atoms with Crippen LogP contribution in [-0.4, -0.2) is 35.5 Å². The van der Waals surface area contributed by atoms with E-state index < -0.39 is 0 Å². The first-order chi connectivity index (χ1) is 18.9. The first kappa shape index (κ1) is 27.5. The minimum atomic E-state index is -0.360. The Kier molecular flexibility index (Phi) is 8.72. The average molecular weight is 597 g/mol. The van der Waals surface area contributed by atoms with E-state index in [9.17, 15) is 9.59 Å². The van der Waals surface area contributed by atoms with E-state index in [2.05, 4.69) is 30.3 Å². The summed E-state index contributed by atoms with van der Waals surface area (Å²) >= 11 is 14.7. The topological polar surface area (TPSA) is 55.8 Å². The molecule has 5 rings (SSSR count). The van der Waals surface area contributed by atoms with Crippen LogP contribution >= 0.6 is 46.7 Å². The monoisotopic (exact) mass is 595 g/mol. The molecule has 0 N–H and O–H groups in total. The summed E-state index contributed by atoms with van der Waals surface area (Å²) < 4.78 is 11.5. The number of amides is 2. The van der Waals surface area contributed by atoms with Crippen LogP contribution in [0.3, 0.4) is 0 Å². The molecule has 4 aromatic carbocycles. The number of ether oxygens (including phenoxy) is 2. The summed E-state index contributed by atoms with van der Waals surface area (Å²) in [5.41, 5.74) is 1.44. The number of carbonyl (C=O) groups is 2. The summed E-state index contributed by atoms with van der Waals surface area (Å²) in [4.78, 5) is 28.3. The number of imide groups is 1. The number of carbonyl (C=O) groups excluding carboxylic acids is 2. The minimum Gasteiger partial charge on any atom is -0.493 e. The van der Waals surface area contributed by atoms with Gasteiger partial charge in [-0.1, -0.05) is 71.7 Å². The van der Waals surface area contributed by atoms with Crippen molar-refractivity contribution in [2.45, 2.75) is 11.4 Å². The number of hydrogen-bond acceptors (Lipinski definition) is 6. The molecule has 39 heavy (non-hydrogen) atoms. The van der Waals surface area contributed by atoms with Crippen molar-refractivity contribution in [2.24, 2.45) is 0 Å². The minimum absolute atomic E-state index is 0.117. The van der Waals surface area contributed by atoms with E-state index in [4.69, 9.17) is 32.7 Å². The van der Waals surface area contributed by atoms with Gasteiger partial charge in [-0.25, -0.2) is 0 Å². The highest BCUT2D eigenvalue weighted by Crippen LogP contribution is 2.36. The lowest BCUT2D eigenvalue weighted by molar-refractivity contribution is -0.123. The molecule has 0 saturated carbocycles. The highest BCUT2D eigenvalue weighted by Gasteiger charge is 2.35. The van der Waals surface area contributed by atoms with Gasteiger partial charge in [0.25, 0.3) is 11.1 Å². The van der Waals surface area contributed by atoms with Crippen LogP contribution in [0.15, 0.2) is 88.7 Å². The fourth-order valence-corrected chi connectivity index (χ4v) is 6.19. The van der Waals surface area contributed by atoms with Gasteiger partial charge in [-0.05, 0) is 70.1 Å². The molecule has 0 unspecified atom stereocenters. The van der Waals surface area contributed by atoms with Crippen LogP contribution in [0, 0.1) is 0 Å². The van der Waals surface area contributed by atoms with Gasteiger partial charge in [0, 0.05) is 10.6 Å². The standard InChI is InChI=1S/C30H23Cl2NO4S2/c1-36-26-16-19(17-28-29(34)33(30(35)39-28)18-20-9-11-23(31)24(32)15-20)10-12-25(26)37-13-14-38-27-8-4-6-21-5-2-3-7-22(21)27/h2-12,15-17H,13-14,18H2,1H3/b28-17-. The largest absolute Gasteiger partial charge is 0.493 e. The predicted octanol–water partition coefficient (Wildman–Crippen LogP) is 8.56. The van der Waals surface area contributed by atoms with Crippen molar-refractivity contribution < 1.29 is 19.1 Å². The van der Waals surface area contributed by atoms with Gasteiger partial charge in [-0.15, -0.1) is 11.8 Å². The Morgan fingerprint density at radius 2 is 1.74 bits per heavy atom. The van der Waals surface area contributed by atoms with Gasteiger partial charge in [0.1, 0.15) is 0 Å². The molecule has 198 valence electrons. The molecule has 1 aliphatic heterocycles. The van der Waals surface area contributed by atoms with Crippen LogP contribution in [0.5, 0.6) is 11.5 Å². The molecule has 0 spiro atoms. The average Bonchev–Trinajstić information content (AvgIpc) is 3.20. The van der Waals surface area contributed by atoms with Crippen molar-refractivity contribution in [2.75, 3.05) is 19.5 Å². The van der Waals surface area contributed by atoms with Crippen LogP contribution in [0.1, 0.15) is 11.1 Å². The van der Waals surface area contributed by atoms with Crippen molar-refractivity contribution >= 4 is 74.7 Å². The molecule has 5 nitrogen and oxygen atoms in total. The molecule has 0 bridgehead atoms. The van der Waals surface area contributed by atoms with E-state index in [1.54, 1.807) is 49.2 Å². The number of halogens is 2. The highest BCUT2D eigenvalue weighted by atomic mass is 35.5. The Balaban J connectivity index is 1.22. The SMILES string of the molecule is COc1cc(/C=C2\SC(=O)N(Cc3ccc(Cl)c(Cl)c3)C2=O)ccc1OCCSc1cccc2ccccc12. The van der Waals surface area contributed by atoms with Crippen LogP contribution in [-0.2, 0) is 11.3 Å². The first-order valence-corrected chi connectivity index (χ1v) is 14.6. The molecule has 0 atom stereocenters. The first-order valence-electron chi connectivity index (χ1n) is 12.0. The zero-order chi connectivity index (χ0) is 27.4. The Morgan fingerprint density at radius 3 is 2.56 bits per heavy atom. The van der Waals surface area contributed by atoms with Gasteiger partial charge in [0.15, 0.2) is 11.5 Å². The molecule has 0 aromatic heterocycles. The third kappa shape index (κ3) is 6.39. The smallest absolute Gasteiger partial charge is 0.293 e. The maximum Gasteiger partial charge on any atom is 0.293 e. The van der Waals surface area contributed by atoms with E-state index >= 15 is 0 Å². The predicted molar refractivity (Wildman–Crippen MR) is 161 cm³/mol. The number of hydrogen-bond donors (Lipinski definition) is 0. The Hall–Kier alpha value is -3.10. The third-order valence-electron chi connectivity index (χ3n) is 6.03. The quantitative estimate of drug-likeness (QED) is 0.110. The summed E-state index contributed by atoms with van der Waals surface area (Å²) in [7, 11) is 1.57. The summed E-state index contributed by atoms with van der Waals surface area (Å²) in [6.07, 6.45) is 1.68. The molecular weight excluding hydrogens is 573 g/mol. The molecule has 9 heteroatoms.